The van der Waals surface area contributed by atoms with E-state index in [1.54, 1.807) is 31.2 Å². The number of hydrogen-bond acceptors (Lipinski definition) is 7. The number of amides is 1. The highest BCUT2D eigenvalue weighted by Crippen LogP contribution is 2.25. The lowest BCUT2D eigenvalue weighted by Gasteiger charge is -2.07. The van der Waals surface area contributed by atoms with Gasteiger partial charge in [-0.3, -0.25) is 20.0 Å². The van der Waals surface area contributed by atoms with Crippen molar-refractivity contribution in [2.75, 3.05) is 11.6 Å². The molecule has 0 spiro atoms. The quantitative estimate of drug-likeness (QED) is 0.492. The van der Waals surface area contributed by atoms with Gasteiger partial charge in [-0.05, 0) is 43.3 Å². The molecule has 10 nitrogen and oxygen atoms in total. The Morgan fingerprint density at radius 2 is 1.86 bits per heavy atom. The molecule has 0 aliphatic carbocycles. The molecule has 2 aromatic carbocycles. The van der Waals surface area contributed by atoms with Crippen molar-refractivity contribution in [1.82, 2.24) is 15.2 Å². The first-order chi connectivity index (χ1) is 13.1. The summed E-state index contributed by atoms with van der Waals surface area (Å²) >= 11 is 0. The Labute approximate surface area is 159 Å². The fraction of sp³-hybridized carbons (Fsp3) is 0.118. The predicted octanol–water partition coefficient (Wildman–Crippen LogP) is 2.34. The van der Waals surface area contributed by atoms with E-state index in [4.69, 9.17) is 0 Å². The smallest absolute Gasteiger partial charge is 0.288 e. The number of H-pyrrole nitrogens is 1. The first-order valence-electron chi connectivity index (χ1n) is 7.94. The van der Waals surface area contributed by atoms with Crippen LogP contribution in [0.25, 0.3) is 11.4 Å². The van der Waals surface area contributed by atoms with E-state index in [0.29, 0.717) is 17.3 Å². The summed E-state index contributed by atoms with van der Waals surface area (Å²) in [6, 6.07) is 9.92. The molecule has 0 unspecified atom stereocenters. The number of sulfone groups is 1. The Hall–Kier alpha value is -3.60. The van der Waals surface area contributed by atoms with Gasteiger partial charge < -0.3 is 5.32 Å². The van der Waals surface area contributed by atoms with Gasteiger partial charge in [-0.25, -0.2) is 13.4 Å². The molecule has 3 rings (SSSR count). The van der Waals surface area contributed by atoms with Crippen molar-refractivity contribution in [3.8, 4) is 11.4 Å². The van der Waals surface area contributed by atoms with E-state index in [-0.39, 0.29) is 5.56 Å². The summed E-state index contributed by atoms with van der Waals surface area (Å²) in [4.78, 5) is 26.5. The van der Waals surface area contributed by atoms with Crippen molar-refractivity contribution >= 4 is 27.1 Å². The van der Waals surface area contributed by atoms with Gasteiger partial charge in [-0.15, -0.1) is 0 Å². The number of nitrogens with zero attached hydrogens (tertiary/aromatic N) is 3. The van der Waals surface area contributed by atoms with Crippen molar-refractivity contribution in [3.63, 3.8) is 0 Å². The highest BCUT2D eigenvalue weighted by atomic mass is 32.2. The molecule has 144 valence electrons. The van der Waals surface area contributed by atoms with Crippen LogP contribution in [0.15, 0.2) is 47.4 Å². The second-order valence-corrected chi connectivity index (χ2v) is 7.97. The van der Waals surface area contributed by atoms with E-state index in [2.05, 4.69) is 20.5 Å². The van der Waals surface area contributed by atoms with Gasteiger partial charge in [0.15, 0.2) is 15.7 Å². The molecular weight excluding hydrogens is 386 g/mol. The van der Waals surface area contributed by atoms with Gasteiger partial charge in [-0.1, -0.05) is 0 Å². The molecule has 0 saturated carbocycles. The van der Waals surface area contributed by atoms with Gasteiger partial charge in [0.05, 0.1) is 4.92 Å². The van der Waals surface area contributed by atoms with Crippen LogP contribution in [0, 0.1) is 17.0 Å². The number of aromatic nitrogens is 3. The van der Waals surface area contributed by atoms with Crippen LogP contribution < -0.4 is 5.32 Å². The van der Waals surface area contributed by atoms with Crippen LogP contribution in [-0.4, -0.2) is 40.7 Å². The second-order valence-electron chi connectivity index (χ2n) is 5.99. The van der Waals surface area contributed by atoms with E-state index < -0.39 is 31.3 Å². The minimum atomic E-state index is -3.80. The van der Waals surface area contributed by atoms with Gasteiger partial charge in [0.2, 0.25) is 0 Å². The Kier molecular flexibility index (Phi) is 4.92. The van der Waals surface area contributed by atoms with E-state index >= 15 is 0 Å². The largest absolute Gasteiger partial charge is 0.322 e. The van der Waals surface area contributed by atoms with Crippen molar-refractivity contribution in [3.05, 3.63) is 64.0 Å². The number of benzene rings is 2. The summed E-state index contributed by atoms with van der Waals surface area (Å²) in [7, 11) is -3.80. The molecule has 3 aromatic rings. The van der Waals surface area contributed by atoms with Gasteiger partial charge >= 0.3 is 0 Å². The summed E-state index contributed by atoms with van der Waals surface area (Å²) in [6.45, 7) is 1.78. The van der Waals surface area contributed by atoms with Crippen molar-refractivity contribution in [2.24, 2.45) is 0 Å². The SMILES string of the molecule is Cc1nc(-c2ccc(NC(=O)c3ccc(S(C)(=O)=O)c([N+](=O)[O-])c3)cc2)n[nH]1. The molecule has 0 radical (unpaired) electrons. The first-order valence-corrected chi connectivity index (χ1v) is 9.83. The second kappa shape index (κ2) is 7.19. The highest BCUT2D eigenvalue weighted by molar-refractivity contribution is 7.90. The molecule has 28 heavy (non-hydrogen) atoms. The third-order valence-electron chi connectivity index (χ3n) is 3.82. The average molecular weight is 401 g/mol. The monoisotopic (exact) mass is 401 g/mol. The number of carbonyl (C=O) groups is 1. The molecule has 1 amide bonds. The molecule has 11 heteroatoms. The molecule has 1 heterocycles. The zero-order valence-electron chi connectivity index (χ0n) is 14.8. The van der Waals surface area contributed by atoms with Crippen LogP contribution in [0.1, 0.15) is 16.2 Å². The van der Waals surface area contributed by atoms with Crippen LogP contribution in [0.4, 0.5) is 11.4 Å². The topological polar surface area (TPSA) is 148 Å². The van der Waals surface area contributed by atoms with Crippen LogP contribution in [0.5, 0.6) is 0 Å². The standard InChI is InChI=1S/C17H15N5O5S/c1-10-18-16(21-20-10)11-3-6-13(7-4-11)19-17(23)12-5-8-15(28(2,26)27)14(9-12)22(24)25/h3-9H,1-2H3,(H,19,23)(H,18,20,21). The number of nitrogens with one attached hydrogen (secondary N) is 2. The third kappa shape index (κ3) is 4.04. The molecule has 0 aliphatic rings. The van der Waals surface area contributed by atoms with E-state index in [1.807, 2.05) is 0 Å². The zero-order chi connectivity index (χ0) is 20.5. The highest BCUT2D eigenvalue weighted by Gasteiger charge is 2.24. The summed E-state index contributed by atoms with van der Waals surface area (Å²) in [6.07, 6.45) is 0.867. The molecule has 2 N–H and O–H groups in total. The Morgan fingerprint density at radius 3 is 2.39 bits per heavy atom. The van der Waals surface area contributed by atoms with Gasteiger partial charge in [0.25, 0.3) is 11.6 Å². The normalized spacial score (nSPS) is 11.2. The molecule has 0 bridgehead atoms. The Balaban J connectivity index is 1.83. The van der Waals surface area contributed by atoms with Crippen LogP contribution in [0.3, 0.4) is 0 Å². The number of anilines is 1. The maximum Gasteiger partial charge on any atom is 0.288 e. The third-order valence-corrected chi connectivity index (χ3v) is 4.96. The molecule has 0 aliphatic heterocycles. The maximum absolute atomic E-state index is 12.4. The van der Waals surface area contributed by atoms with Gasteiger partial charge in [-0.2, -0.15) is 5.10 Å². The first kappa shape index (κ1) is 19.2. The summed E-state index contributed by atoms with van der Waals surface area (Å²) in [5, 5.41) is 20.6. The molecule has 0 saturated heterocycles. The van der Waals surface area contributed by atoms with Crippen molar-refractivity contribution in [1.29, 1.82) is 0 Å². The van der Waals surface area contributed by atoms with Crippen molar-refractivity contribution in [2.45, 2.75) is 11.8 Å². The van der Waals surface area contributed by atoms with Gasteiger partial charge in [0.1, 0.15) is 10.7 Å². The molecule has 1 aromatic heterocycles. The summed E-state index contributed by atoms with van der Waals surface area (Å²) < 4.78 is 23.3. The lowest BCUT2D eigenvalue weighted by Crippen LogP contribution is -2.13. The number of aromatic amines is 1. The molecular formula is C17H15N5O5S. The fourth-order valence-corrected chi connectivity index (χ4v) is 3.32. The van der Waals surface area contributed by atoms with Crippen LogP contribution in [-0.2, 0) is 9.84 Å². The van der Waals surface area contributed by atoms with Gasteiger partial charge in [0, 0.05) is 29.1 Å². The Bertz CT molecular complexity index is 1170. The summed E-state index contributed by atoms with van der Waals surface area (Å²) in [5.74, 6) is 0.582. The van der Waals surface area contributed by atoms with Crippen LogP contribution in [0.2, 0.25) is 0 Å². The minimum absolute atomic E-state index is 0.0345. The Morgan fingerprint density at radius 1 is 1.18 bits per heavy atom. The number of nitro groups is 1. The maximum atomic E-state index is 12.4. The number of carbonyl (C=O) groups excluding carboxylic acids is 1. The predicted molar refractivity (Wildman–Crippen MR) is 101 cm³/mol. The number of nitro benzene ring substituents is 1. The average Bonchev–Trinajstić information content (AvgIpc) is 3.07. The minimum Gasteiger partial charge on any atom is -0.322 e. The number of rotatable bonds is 5. The lowest BCUT2D eigenvalue weighted by atomic mass is 10.1. The zero-order valence-corrected chi connectivity index (χ0v) is 15.6. The van der Waals surface area contributed by atoms with E-state index in [0.717, 1.165) is 24.0 Å². The van der Waals surface area contributed by atoms with Crippen molar-refractivity contribution < 1.29 is 18.1 Å². The molecule has 0 atom stereocenters. The van der Waals surface area contributed by atoms with E-state index in [9.17, 15) is 23.3 Å². The molecule has 0 fully saturated rings. The number of aryl methyl sites for hydroxylation is 1. The lowest BCUT2D eigenvalue weighted by molar-refractivity contribution is -0.387. The summed E-state index contributed by atoms with van der Waals surface area (Å²) in [5.41, 5.74) is 0.518. The van der Waals surface area contributed by atoms with Crippen LogP contribution >= 0.6 is 0 Å². The van der Waals surface area contributed by atoms with E-state index in [1.165, 1.54) is 6.07 Å². The number of hydrogen-bond donors (Lipinski definition) is 2. The fourth-order valence-electron chi connectivity index (χ4n) is 2.49.